The molecule has 1 aromatic heterocycles. The number of rotatable bonds is 2. The first kappa shape index (κ1) is 11.8. The Bertz CT molecular complexity index is 886. The lowest BCUT2D eigenvalue weighted by atomic mass is 10.2. The molecule has 1 aliphatic heterocycles. The van der Waals surface area contributed by atoms with Gasteiger partial charge in [0, 0.05) is 22.7 Å². The van der Waals surface area contributed by atoms with Crippen molar-refractivity contribution in [2.24, 2.45) is 0 Å². The fourth-order valence-corrected chi connectivity index (χ4v) is 2.37. The van der Waals surface area contributed by atoms with Crippen LogP contribution in [-0.2, 0) is 0 Å². The molecule has 0 atom stereocenters. The molecule has 0 fully saturated rings. The topological polar surface area (TPSA) is 63.4 Å². The predicted molar refractivity (Wildman–Crippen MR) is 80.4 cm³/mol. The molecule has 4 rings (SSSR count). The Balaban J connectivity index is 1.74. The first-order valence-electron chi connectivity index (χ1n) is 6.58. The van der Waals surface area contributed by atoms with Gasteiger partial charge in [-0.2, -0.15) is 0 Å². The van der Waals surface area contributed by atoms with Gasteiger partial charge >= 0.3 is 0 Å². The lowest BCUT2D eigenvalue weighted by Crippen LogP contribution is -2.11. The van der Waals surface area contributed by atoms with E-state index in [1.165, 1.54) is 0 Å². The standard InChI is InChI=1S/C16H12N2O3/c19-16-13(7-10-3-1-2-4-12(10)18-16)17-11-5-6-14-15(8-11)21-9-20-14/h1-8,17H,9H2,(H,18,19). The summed E-state index contributed by atoms with van der Waals surface area (Å²) in [6.07, 6.45) is 0. The third-order valence-electron chi connectivity index (χ3n) is 3.41. The van der Waals surface area contributed by atoms with Crippen molar-refractivity contribution in [3.8, 4) is 11.5 Å². The Morgan fingerprint density at radius 3 is 2.81 bits per heavy atom. The van der Waals surface area contributed by atoms with E-state index in [4.69, 9.17) is 9.47 Å². The highest BCUT2D eigenvalue weighted by Crippen LogP contribution is 2.34. The second kappa shape index (κ2) is 4.56. The monoisotopic (exact) mass is 280 g/mol. The molecule has 5 heteroatoms. The van der Waals surface area contributed by atoms with Gasteiger partial charge < -0.3 is 19.8 Å². The number of para-hydroxylation sites is 1. The van der Waals surface area contributed by atoms with Crippen LogP contribution in [0, 0.1) is 0 Å². The van der Waals surface area contributed by atoms with Gasteiger partial charge in [0.15, 0.2) is 11.5 Å². The lowest BCUT2D eigenvalue weighted by molar-refractivity contribution is 0.174. The van der Waals surface area contributed by atoms with Gasteiger partial charge in [0.1, 0.15) is 5.69 Å². The van der Waals surface area contributed by atoms with Crippen LogP contribution in [0.4, 0.5) is 11.4 Å². The summed E-state index contributed by atoms with van der Waals surface area (Å²) in [4.78, 5) is 15.0. The van der Waals surface area contributed by atoms with E-state index in [0.717, 1.165) is 16.6 Å². The quantitative estimate of drug-likeness (QED) is 0.757. The molecular weight excluding hydrogens is 268 g/mol. The van der Waals surface area contributed by atoms with Gasteiger partial charge in [-0.1, -0.05) is 18.2 Å². The van der Waals surface area contributed by atoms with Crippen LogP contribution in [0.2, 0.25) is 0 Å². The Kier molecular flexibility index (Phi) is 2.57. The van der Waals surface area contributed by atoms with Crippen LogP contribution in [0.3, 0.4) is 0 Å². The maximum atomic E-state index is 12.1. The van der Waals surface area contributed by atoms with Gasteiger partial charge in [-0.05, 0) is 24.3 Å². The third kappa shape index (κ3) is 2.08. The van der Waals surface area contributed by atoms with Crippen LogP contribution in [0.15, 0.2) is 53.3 Å². The fraction of sp³-hybridized carbons (Fsp3) is 0.0625. The van der Waals surface area contributed by atoms with E-state index in [-0.39, 0.29) is 12.4 Å². The zero-order valence-corrected chi connectivity index (χ0v) is 11.1. The van der Waals surface area contributed by atoms with Gasteiger partial charge in [0.25, 0.3) is 5.56 Å². The number of pyridine rings is 1. The van der Waals surface area contributed by atoms with E-state index in [9.17, 15) is 4.79 Å². The van der Waals surface area contributed by atoms with E-state index < -0.39 is 0 Å². The van der Waals surface area contributed by atoms with Crippen molar-refractivity contribution < 1.29 is 9.47 Å². The van der Waals surface area contributed by atoms with Gasteiger partial charge in [0.2, 0.25) is 6.79 Å². The molecule has 0 saturated heterocycles. The first-order chi connectivity index (χ1) is 10.3. The number of benzene rings is 2. The van der Waals surface area contributed by atoms with Crippen molar-refractivity contribution in [3.63, 3.8) is 0 Å². The highest BCUT2D eigenvalue weighted by molar-refractivity contribution is 5.82. The maximum Gasteiger partial charge on any atom is 0.272 e. The average molecular weight is 280 g/mol. The van der Waals surface area contributed by atoms with Crippen LogP contribution >= 0.6 is 0 Å². The van der Waals surface area contributed by atoms with Crippen molar-refractivity contribution in [1.29, 1.82) is 0 Å². The van der Waals surface area contributed by atoms with E-state index >= 15 is 0 Å². The summed E-state index contributed by atoms with van der Waals surface area (Å²) in [5.74, 6) is 1.39. The van der Waals surface area contributed by atoms with Crippen LogP contribution < -0.4 is 20.3 Å². The van der Waals surface area contributed by atoms with Gasteiger partial charge in [-0.3, -0.25) is 4.79 Å². The highest BCUT2D eigenvalue weighted by atomic mass is 16.7. The van der Waals surface area contributed by atoms with Gasteiger partial charge in [0.05, 0.1) is 0 Å². The SMILES string of the molecule is O=c1[nH]c2ccccc2cc1Nc1ccc2c(c1)OCO2. The summed E-state index contributed by atoms with van der Waals surface area (Å²) < 4.78 is 10.6. The Morgan fingerprint density at radius 2 is 1.86 bits per heavy atom. The minimum atomic E-state index is -0.161. The van der Waals surface area contributed by atoms with Crippen molar-refractivity contribution in [1.82, 2.24) is 4.98 Å². The summed E-state index contributed by atoms with van der Waals surface area (Å²) in [6, 6.07) is 15.0. The Morgan fingerprint density at radius 1 is 1.00 bits per heavy atom. The molecule has 0 bridgehead atoms. The van der Waals surface area contributed by atoms with Crippen LogP contribution in [0.5, 0.6) is 11.5 Å². The number of hydrogen-bond donors (Lipinski definition) is 2. The molecule has 0 amide bonds. The second-order valence-corrected chi connectivity index (χ2v) is 4.79. The Hall–Kier alpha value is -2.95. The summed E-state index contributed by atoms with van der Waals surface area (Å²) in [5.41, 5.74) is 1.93. The van der Waals surface area contributed by atoms with E-state index in [1.54, 1.807) is 0 Å². The summed E-state index contributed by atoms with van der Waals surface area (Å²) in [7, 11) is 0. The van der Waals surface area contributed by atoms with Crippen molar-refractivity contribution in [2.75, 3.05) is 12.1 Å². The van der Waals surface area contributed by atoms with Crippen LogP contribution in [-0.4, -0.2) is 11.8 Å². The number of hydrogen-bond acceptors (Lipinski definition) is 4. The molecule has 2 heterocycles. The van der Waals surface area contributed by atoms with Crippen molar-refractivity contribution in [3.05, 3.63) is 58.9 Å². The first-order valence-corrected chi connectivity index (χ1v) is 6.58. The van der Waals surface area contributed by atoms with Crippen LogP contribution in [0.25, 0.3) is 10.9 Å². The molecule has 5 nitrogen and oxygen atoms in total. The molecule has 0 spiro atoms. The van der Waals surface area contributed by atoms with E-state index in [0.29, 0.717) is 17.2 Å². The summed E-state index contributed by atoms with van der Waals surface area (Å²) in [6.45, 7) is 0.231. The number of aromatic amines is 1. The van der Waals surface area contributed by atoms with Gasteiger partial charge in [-0.25, -0.2) is 0 Å². The number of nitrogens with one attached hydrogen (secondary N) is 2. The minimum absolute atomic E-state index is 0.161. The number of ether oxygens (including phenoxy) is 2. The molecule has 2 aromatic carbocycles. The molecule has 1 aliphatic rings. The molecule has 0 unspecified atom stereocenters. The highest BCUT2D eigenvalue weighted by Gasteiger charge is 2.13. The van der Waals surface area contributed by atoms with Crippen molar-refractivity contribution >= 4 is 22.3 Å². The average Bonchev–Trinajstić information content (AvgIpc) is 2.95. The molecule has 0 saturated carbocycles. The lowest BCUT2D eigenvalue weighted by Gasteiger charge is -2.07. The normalized spacial score (nSPS) is 12.6. The third-order valence-corrected chi connectivity index (χ3v) is 3.41. The molecule has 0 radical (unpaired) electrons. The molecule has 21 heavy (non-hydrogen) atoms. The van der Waals surface area contributed by atoms with Gasteiger partial charge in [-0.15, -0.1) is 0 Å². The summed E-state index contributed by atoms with van der Waals surface area (Å²) in [5, 5.41) is 4.09. The molecule has 0 aliphatic carbocycles. The van der Waals surface area contributed by atoms with E-state index in [1.807, 2.05) is 48.5 Å². The maximum absolute atomic E-state index is 12.1. The van der Waals surface area contributed by atoms with Crippen molar-refractivity contribution in [2.45, 2.75) is 0 Å². The largest absolute Gasteiger partial charge is 0.454 e. The molecule has 3 aromatic rings. The predicted octanol–water partition coefficient (Wildman–Crippen LogP) is 3.00. The zero-order valence-electron chi connectivity index (χ0n) is 11.1. The Labute approximate surface area is 120 Å². The molecular formula is C16H12N2O3. The summed E-state index contributed by atoms with van der Waals surface area (Å²) >= 11 is 0. The van der Waals surface area contributed by atoms with Crippen LogP contribution in [0.1, 0.15) is 0 Å². The fourth-order valence-electron chi connectivity index (χ4n) is 2.37. The minimum Gasteiger partial charge on any atom is -0.454 e. The molecule has 2 N–H and O–H groups in total. The number of anilines is 2. The smallest absolute Gasteiger partial charge is 0.272 e. The number of H-pyrrole nitrogens is 1. The number of aromatic nitrogens is 1. The number of fused-ring (bicyclic) bond motifs is 2. The second-order valence-electron chi connectivity index (χ2n) is 4.79. The zero-order chi connectivity index (χ0) is 14.2. The molecule has 104 valence electrons. The van der Waals surface area contributed by atoms with E-state index in [2.05, 4.69) is 10.3 Å².